The minimum atomic E-state index is -1.65. The molecule has 0 saturated carbocycles. The van der Waals surface area contributed by atoms with Crippen LogP contribution in [0.4, 0.5) is 0 Å². The lowest BCUT2D eigenvalue weighted by atomic mass is 10.0. The number of carboxylic acids is 1. The number of phenols is 2. The van der Waals surface area contributed by atoms with Crippen molar-refractivity contribution in [3.8, 4) is 11.5 Å². The largest absolute Gasteiger partial charge is 0.504 e. The van der Waals surface area contributed by atoms with Gasteiger partial charge in [0.2, 0.25) is 0 Å². The smallest absolute Gasteiger partial charge is 0.340 e. The van der Waals surface area contributed by atoms with Crippen LogP contribution in [-0.4, -0.2) is 32.2 Å². The zero-order valence-corrected chi connectivity index (χ0v) is 11.4. The van der Waals surface area contributed by atoms with Crippen molar-refractivity contribution in [2.24, 2.45) is 0 Å². The number of aliphatic hydroxyl groups excluding tert-OH is 1. The van der Waals surface area contributed by atoms with Gasteiger partial charge in [-0.25, -0.2) is 4.79 Å². The standard InChI is InChI=1S/C14H12O8/c1-5(15)2-7(16)6-4-22-9-3-8(17)13(19)11(14(20)21)10(9)12(6)18/h3-4,7,16-17,19H,2H2,1H3,(H,20,21)/t7-/m1/s1. The molecule has 2 aromatic rings. The van der Waals surface area contributed by atoms with Gasteiger partial charge in [0.25, 0.3) is 0 Å². The van der Waals surface area contributed by atoms with E-state index in [4.69, 9.17) is 9.52 Å². The number of aromatic carboxylic acids is 1. The van der Waals surface area contributed by atoms with Crippen molar-refractivity contribution in [3.63, 3.8) is 0 Å². The quantitative estimate of drug-likeness (QED) is 0.610. The molecule has 0 bridgehead atoms. The summed E-state index contributed by atoms with van der Waals surface area (Å²) in [6, 6.07) is 0.889. The lowest BCUT2D eigenvalue weighted by molar-refractivity contribution is -0.118. The normalized spacial score (nSPS) is 12.3. The van der Waals surface area contributed by atoms with E-state index in [-0.39, 0.29) is 23.4 Å². The number of ketones is 1. The van der Waals surface area contributed by atoms with E-state index in [1.54, 1.807) is 0 Å². The minimum absolute atomic E-state index is 0.267. The molecule has 2 rings (SSSR count). The summed E-state index contributed by atoms with van der Waals surface area (Å²) in [5.74, 6) is -3.77. The van der Waals surface area contributed by atoms with Gasteiger partial charge in [0, 0.05) is 12.5 Å². The van der Waals surface area contributed by atoms with Crippen LogP contribution in [0, 0.1) is 0 Å². The molecule has 0 fully saturated rings. The second kappa shape index (κ2) is 5.49. The summed E-state index contributed by atoms with van der Waals surface area (Å²) in [5, 5.41) is 37.6. The van der Waals surface area contributed by atoms with E-state index in [9.17, 15) is 29.7 Å². The van der Waals surface area contributed by atoms with Gasteiger partial charge in [0.1, 0.15) is 23.2 Å². The number of hydrogen-bond donors (Lipinski definition) is 4. The number of carboxylic acid groups (broad SMARTS) is 1. The molecule has 8 nitrogen and oxygen atoms in total. The molecule has 0 saturated heterocycles. The Morgan fingerprint density at radius 2 is 1.95 bits per heavy atom. The Morgan fingerprint density at radius 3 is 2.50 bits per heavy atom. The first kappa shape index (κ1) is 15.5. The number of hydrogen-bond acceptors (Lipinski definition) is 7. The fourth-order valence-corrected chi connectivity index (χ4v) is 2.10. The summed E-state index contributed by atoms with van der Waals surface area (Å²) in [4.78, 5) is 34.6. The van der Waals surface area contributed by atoms with Gasteiger partial charge in [-0.1, -0.05) is 0 Å². The van der Waals surface area contributed by atoms with Crippen LogP contribution < -0.4 is 5.43 Å². The van der Waals surface area contributed by atoms with Gasteiger partial charge in [0.15, 0.2) is 16.9 Å². The van der Waals surface area contributed by atoms with Crippen LogP contribution in [0.2, 0.25) is 0 Å². The zero-order chi connectivity index (χ0) is 16.6. The fraction of sp³-hybridized carbons (Fsp3) is 0.214. The molecule has 22 heavy (non-hydrogen) atoms. The van der Waals surface area contributed by atoms with Crippen molar-refractivity contribution < 1.29 is 34.4 Å². The molecule has 0 aliphatic heterocycles. The Balaban J connectivity index is 2.82. The van der Waals surface area contributed by atoms with E-state index in [0.29, 0.717) is 0 Å². The predicted octanol–water partition coefficient (Wildman–Crippen LogP) is 0.915. The van der Waals surface area contributed by atoms with Crippen LogP contribution in [-0.2, 0) is 4.79 Å². The summed E-state index contributed by atoms with van der Waals surface area (Å²) >= 11 is 0. The zero-order valence-electron chi connectivity index (χ0n) is 11.4. The molecule has 1 atom stereocenters. The van der Waals surface area contributed by atoms with Gasteiger partial charge < -0.3 is 24.8 Å². The maximum absolute atomic E-state index is 12.4. The van der Waals surface area contributed by atoms with Crippen molar-refractivity contribution in [1.29, 1.82) is 0 Å². The van der Waals surface area contributed by atoms with Crippen LogP contribution in [0.25, 0.3) is 11.0 Å². The fourth-order valence-electron chi connectivity index (χ4n) is 2.10. The van der Waals surface area contributed by atoms with E-state index in [1.807, 2.05) is 0 Å². The molecule has 0 unspecified atom stereocenters. The molecule has 0 spiro atoms. The van der Waals surface area contributed by atoms with Crippen molar-refractivity contribution >= 4 is 22.7 Å². The van der Waals surface area contributed by atoms with Crippen LogP contribution in [0.3, 0.4) is 0 Å². The predicted molar refractivity (Wildman–Crippen MR) is 73.0 cm³/mol. The number of carbonyl (C=O) groups excluding carboxylic acids is 1. The molecule has 0 aliphatic carbocycles. The van der Waals surface area contributed by atoms with Crippen molar-refractivity contribution in [2.45, 2.75) is 19.4 Å². The molecule has 0 amide bonds. The molecular weight excluding hydrogens is 296 g/mol. The Kier molecular flexibility index (Phi) is 3.87. The number of rotatable bonds is 4. The number of carbonyl (C=O) groups is 2. The molecule has 0 aliphatic rings. The first-order chi connectivity index (χ1) is 10.2. The summed E-state index contributed by atoms with van der Waals surface area (Å²) in [7, 11) is 0. The van der Waals surface area contributed by atoms with Crippen LogP contribution >= 0.6 is 0 Å². The average Bonchev–Trinajstić information content (AvgIpc) is 2.39. The van der Waals surface area contributed by atoms with Gasteiger partial charge in [-0.05, 0) is 6.92 Å². The van der Waals surface area contributed by atoms with Gasteiger partial charge in [0.05, 0.1) is 17.1 Å². The molecule has 0 radical (unpaired) electrons. The van der Waals surface area contributed by atoms with Gasteiger partial charge in [-0.3, -0.25) is 9.59 Å². The van der Waals surface area contributed by atoms with Crippen LogP contribution in [0.5, 0.6) is 11.5 Å². The number of aliphatic hydroxyl groups is 1. The van der Waals surface area contributed by atoms with Crippen molar-refractivity contribution in [1.82, 2.24) is 0 Å². The van der Waals surface area contributed by atoms with E-state index in [1.165, 1.54) is 6.92 Å². The molecule has 1 aromatic heterocycles. The SMILES string of the molecule is CC(=O)C[C@@H](O)c1coc2cc(O)c(O)c(C(=O)O)c2c1=O. The third-order valence-corrected chi connectivity index (χ3v) is 3.10. The second-order valence-electron chi connectivity index (χ2n) is 4.74. The average molecular weight is 308 g/mol. The Hall–Kier alpha value is -2.87. The van der Waals surface area contributed by atoms with Gasteiger partial charge in [-0.15, -0.1) is 0 Å². The second-order valence-corrected chi connectivity index (χ2v) is 4.74. The topological polar surface area (TPSA) is 145 Å². The molecule has 4 N–H and O–H groups in total. The summed E-state index contributed by atoms with van der Waals surface area (Å²) in [6.45, 7) is 1.22. The van der Waals surface area contributed by atoms with E-state index in [2.05, 4.69) is 0 Å². The van der Waals surface area contributed by atoms with Crippen molar-refractivity contribution in [2.75, 3.05) is 0 Å². The maximum atomic E-state index is 12.4. The third-order valence-electron chi connectivity index (χ3n) is 3.10. The lowest BCUT2D eigenvalue weighted by Gasteiger charge is -2.11. The first-order valence-electron chi connectivity index (χ1n) is 6.15. The Bertz CT molecular complexity index is 833. The number of fused-ring (bicyclic) bond motifs is 1. The highest BCUT2D eigenvalue weighted by atomic mass is 16.4. The molecular formula is C14H12O8. The molecule has 116 valence electrons. The lowest BCUT2D eigenvalue weighted by Crippen LogP contribution is -2.17. The van der Waals surface area contributed by atoms with Crippen molar-refractivity contribution in [3.05, 3.63) is 33.7 Å². The monoisotopic (exact) mass is 308 g/mol. The Morgan fingerprint density at radius 1 is 1.32 bits per heavy atom. The van der Waals surface area contributed by atoms with Gasteiger partial charge in [-0.2, -0.15) is 0 Å². The first-order valence-corrected chi connectivity index (χ1v) is 6.15. The van der Waals surface area contributed by atoms with E-state index in [0.717, 1.165) is 12.3 Å². The third kappa shape index (κ3) is 2.51. The summed E-state index contributed by atoms with van der Waals surface area (Å²) in [6.07, 6.45) is -0.918. The highest BCUT2D eigenvalue weighted by molar-refractivity contribution is 6.05. The van der Waals surface area contributed by atoms with E-state index >= 15 is 0 Å². The molecule has 8 heteroatoms. The van der Waals surface area contributed by atoms with E-state index < -0.39 is 40.0 Å². The number of phenolic OH excluding ortho intramolecular Hbond substituents is 1. The number of benzene rings is 1. The number of Topliss-reactive ketones (excluding diaryl/α,β-unsaturated/α-hetero) is 1. The molecule has 1 heterocycles. The highest BCUT2D eigenvalue weighted by Crippen LogP contribution is 2.35. The maximum Gasteiger partial charge on any atom is 0.340 e. The summed E-state index contributed by atoms with van der Waals surface area (Å²) < 4.78 is 5.05. The molecule has 1 aromatic carbocycles. The van der Waals surface area contributed by atoms with Crippen LogP contribution in [0.15, 0.2) is 21.5 Å². The van der Waals surface area contributed by atoms with Crippen LogP contribution in [0.1, 0.15) is 35.4 Å². The highest BCUT2D eigenvalue weighted by Gasteiger charge is 2.25. The minimum Gasteiger partial charge on any atom is -0.504 e. The van der Waals surface area contributed by atoms with Gasteiger partial charge >= 0.3 is 5.97 Å². The number of aromatic hydroxyl groups is 2. The Labute approximate surface area is 122 Å². The summed E-state index contributed by atoms with van der Waals surface area (Å²) in [5.41, 5.74) is -2.31.